The van der Waals surface area contributed by atoms with Crippen molar-refractivity contribution in [3.05, 3.63) is 29.6 Å². The summed E-state index contributed by atoms with van der Waals surface area (Å²) in [5.74, 6) is -0.704. The van der Waals surface area contributed by atoms with E-state index in [4.69, 9.17) is 22.7 Å². The van der Waals surface area contributed by atoms with Crippen molar-refractivity contribution in [2.24, 2.45) is 5.73 Å². The standard InChI is InChI=1S/C13H15FN2O2S/c1-16(9-3-4-9)12(17)7-18-11-5-2-8(13(15)19)6-10(11)14/h2,5-6,9H,3-4,7H2,1H3,(H2,15,19). The fraction of sp³-hybridized carbons (Fsp3) is 0.385. The van der Waals surface area contributed by atoms with Crippen LogP contribution in [0.2, 0.25) is 0 Å². The van der Waals surface area contributed by atoms with Crippen molar-refractivity contribution in [2.75, 3.05) is 13.7 Å². The van der Waals surface area contributed by atoms with E-state index in [2.05, 4.69) is 0 Å². The summed E-state index contributed by atoms with van der Waals surface area (Å²) >= 11 is 4.75. The fourth-order valence-corrected chi connectivity index (χ4v) is 1.80. The molecule has 2 rings (SSSR count). The molecule has 0 saturated heterocycles. The zero-order valence-corrected chi connectivity index (χ0v) is 11.4. The molecule has 0 heterocycles. The Morgan fingerprint density at radius 3 is 2.79 bits per heavy atom. The summed E-state index contributed by atoms with van der Waals surface area (Å²) in [6.45, 7) is -0.170. The number of carbonyl (C=O) groups is 1. The van der Waals surface area contributed by atoms with E-state index >= 15 is 0 Å². The normalized spacial score (nSPS) is 14.0. The Bertz CT molecular complexity index is 517. The topological polar surface area (TPSA) is 55.6 Å². The van der Waals surface area contributed by atoms with Crippen molar-refractivity contribution in [1.29, 1.82) is 0 Å². The second-order valence-corrected chi connectivity index (χ2v) is 4.97. The van der Waals surface area contributed by atoms with E-state index in [0.29, 0.717) is 11.6 Å². The van der Waals surface area contributed by atoms with Gasteiger partial charge in [-0.1, -0.05) is 12.2 Å². The van der Waals surface area contributed by atoms with Gasteiger partial charge in [0.1, 0.15) is 4.99 Å². The fourth-order valence-electron chi connectivity index (χ4n) is 1.68. The number of nitrogens with zero attached hydrogens (tertiary/aromatic N) is 1. The molecule has 1 aromatic rings. The van der Waals surface area contributed by atoms with Crippen LogP contribution < -0.4 is 10.5 Å². The molecule has 1 aliphatic rings. The maximum Gasteiger partial charge on any atom is 0.260 e. The molecule has 1 saturated carbocycles. The summed E-state index contributed by atoms with van der Waals surface area (Å²) in [6, 6.07) is 4.51. The van der Waals surface area contributed by atoms with Crippen LogP contribution in [-0.2, 0) is 4.79 Å². The third kappa shape index (κ3) is 3.41. The third-order valence-electron chi connectivity index (χ3n) is 3.06. The van der Waals surface area contributed by atoms with E-state index in [0.717, 1.165) is 12.8 Å². The first-order valence-corrected chi connectivity index (χ1v) is 6.37. The van der Waals surface area contributed by atoms with Crippen molar-refractivity contribution in [3.8, 4) is 5.75 Å². The molecule has 0 bridgehead atoms. The summed E-state index contributed by atoms with van der Waals surface area (Å²) in [7, 11) is 1.73. The van der Waals surface area contributed by atoms with Gasteiger partial charge in [0.25, 0.3) is 5.91 Å². The smallest absolute Gasteiger partial charge is 0.260 e. The minimum absolute atomic E-state index is 0.0255. The van der Waals surface area contributed by atoms with E-state index < -0.39 is 5.82 Å². The molecule has 1 aromatic carbocycles. The summed E-state index contributed by atoms with van der Waals surface area (Å²) < 4.78 is 18.8. The highest BCUT2D eigenvalue weighted by atomic mass is 32.1. The molecule has 0 unspecified atom stereocenters. The van der Waals surface area contributed by atoms with Crippen molar-refractivity contribution >= 4 is 23.1 Å². The molecule has 0 atom stereocenters. The number of hydrogen-bond acceptors (Lipinski definition) is 3. The maximum absolute atomic E-state index is 13.7. The number of ether oxygens (including phenoxy) is 1. The number of amides is 1. The first-order valence-electron chi connectivity index (χ1n) is 5.97. The Balaban J connectivity index is 1.95. The van der Waals surface area contributed by atoms with Gasteiger partial charge in [-0.2, -0.15) is 0 Å². The van der Waals surface area contributed by atoms with Gasteiger partial charge in [-0.25, -0.2) is 4.39 Å². The molecule has 2 N–H and O–H groups in total. The molecule has 0 aromatic heterocycles. The first kappa shape index (κ1) is 13.7. The highest BCUT2D eigenvalue weighted by Crippen LogP contribution is 2.25. The van der Waals surface area contributed by atoms with Gasteiger partial charge < -0.3 is 15.4 Å². The number of halogens is 1. The van der Waals surface area contributed by atoms with Gasteiger partial charge in [0.2, 0.25) is 0 Å². The van der Waals surface area contributed by atoms with Crippen LogP contribution >= 0.6 is 12.2 Å². The van der Waals surface area contributed by atoms with Crippen LogP contribution in [0, 0.1) is 5.82 Å². The van der Waals surface area contributed by atoms with Gasteiger partial charge in [0.15, 0.2) is 18.2 Å². The molecule has 1 fully saturated rings. The number of rotatable bonds is 5. The Kier molecular flexibility index (Phi) is 3.99. The van der Waals surface area contributed by atoms with E-state index in [9.17, 15) is 9.18 Å². The van der Waals surface area contributed by atoms with Crippen LogP contribution in [-0.4, -0.2) is 35.5 Å². The molecule has 102 valence electrons. The van der Waals surface area contributed by atoms with Gasteiger partial charge in [-0.05, 0) is 31.0 Å². The third-order valence-corrected chi connectivity index (χ3v) is 3.29. The lowest BCUT2D eigenvalue weighted by Gasteiger charge is -2.16. The molecule has 4 nitrogen and oxygen atoms in total. The number of benzene rings is 1. The average Bonchev–Trinajstić information content (AvgIpc) is 3.20. The van der Waals surface area contributed by atoms with Gasteiger partial charge in [-0.3, -0.25) is 4.79 Å². The number of carbonyl (C=O) groups excluding carboxylic acids is 1. The van der Waals surface area contributed by atoms with Gasteiger partial charge in [0, 0.05) is 18.7 Å². The lowest BCUT2D eigenvalue weighted by molar-refractivity contribution is -0.132. The SMILES string of the molecule is CN(C(=O)COc1ccc(C(N)=S)cc1F)C1CC1. The minimum Gasteiger partial charge on any atom is -0.481 e. The first-order chi connectivity index (χ1) is 8.99. The van der Waals surface area contributed by atoms with E-state index in [1.54, 1.807) is 18.0 Å². The number of nitrogens with two attached hydrogens (primary N) is 1. The number of thiocarbonyl (C=S) groups is 1. The zero-order valence-electron chi connectivity index (χ0n) is 10.6. The molecular weight excluding hydrogens is 267 g/mol. The van der Waals surface area contributed by atoms with Crippen LogP contribution in [0.15, 0.2) is 18.2 Å². The van der Waals surface area contributed by atoms with Crippen LogP contribution in [0.3, 0.4) is 0 Å². The predicted octanol–water partition coefficient (Wildman–Crippen LogP) is 1.46. The average molecular weight is 282 g/mol. The highest BCUT2D eigenvalue weighted by Gasteiger charge is 2.29. The second kappa shape index (κ2) is 5.52. The maximum atomic E-state index is 13.7. The van der Waals surface area contributed by atoms with Crippen LogP contribution in [0.4, 0.5) is 4.39 Å². The van der Waals surface area contributed by atoms with Gasteiger partial charge in [0.05, 0.1) is 0 Å². The van der Waals surface area contributed by atoms with Gasteiger partial charge >= 0.3 is 0 Å². The van der Waals surface area contributed by atoms with Crippen molar-refractivity contribution in [1.82, 2.24) is 4.90 Å². The summed E-state index contributed by atoms with van der Waals surface area (Å²) in [4.78, 5) is 13.5. The Hall–Kier alpha value is -1.69. The second-order valence-electron chi connectivity index (χ2n) is 4.53. The molecular formula is C13H15FN2O2S. The molecule has 6 heteroatoms. The summed E-state index contributed by atoms with van der Waals surface area (Å²) in [6.07, 6.45) is 2.05. The predicted molar refractivity (Wildman–Crippen MR) is 73.6 cm³/mol. The quantitative estimate of drug-likeness (QED) is 0.831. The zero-order chi connectivity index (χ0) is 14.0. The number of likely N-dealkylation sites (N-methyl/N-ethyl adjacent to an activating group) is 1. The Morgan fingerprint density at radius 2 is 2.26 bits per heavy atom. The van der Waals surface area contributed by atoms with E-state index in [1.807, 2.05) is 0 Å². The number of hydrogen-bond donors (Lipinski definition) is 1. The van der Waals surface area contributed by atoms with Crippen LogP contribution in [0.25, 0.3) is 0 Å². The molecule has 0 aliphatic heterocycles. The van der Waals surface area contributed by atoms with E-state index in [1.165, 1.54) is 12.1 Å². The summed E-state index contributed by atoms with van der Waals surface area (Å²) in [5.41, 5.74) is 5.83. The van der Waals surface area contributed by atoms with Crippen LogP contribution in [0.5, 0.6) is 5.75 Å². The Morgan fingerprint density at radius 1 is 1.58 bits per heavy atom. The van der Waals surface area contributed by atoms with Gasteiger partial charge in [-0.15, -0.1) is 0 Å². The van der Waals surface area contributed by atoms with Crippen LogP contribution in [0.1, 0.15) is 18.4 Å². The summed E-state index contributed by atoms with van der Waals surface area (Å²) in [5, 5.41) is 0. The van der Waals surface area contributed by atoms with Crippen molar-refractivity contribution in [2.45, 2.75) is 18.9 Å². The minimum atomic E-state index is -0.577. The molecule has 0 radical (unpaired) electrons. The molecule has 1 aliphatic carbocycles. The lowest BCUT2D eigenvalue weighted by Crippen LogP contribution is -2.33. The molecule has 1 amide bonds. The lowest BCUT2D eigenvalue weighted by atomic mass is 10.2. The molecule has 0 spiro atoms. The largest absolute Gasteiger partial charge is 0.481 e. The Labute approximate surface area is 116 Å². The highest BCUT2D eigenvalue weighted by molar-refractivity contribution is 7.80. The molecule has 19 heavy (non-hydrogen) atoms. The monoisotopic (exact) mass is 282 g/mol. The van der Waals surface area contributed by atoms with E-state index in [-0.39, 0.29) is 23.3 Å². The van der Waals surface area contributed by atoms with Crippen molar-refractivity contribution in [3.63, 3.8) is 0 Å². The van der Waals surface area contributed by atoms with Crippen molar-refractivity contribution < 1.29 is 13.9 Å².